The minimum absolute atomic E-state index is 0.00515. The van der Waals surface area contributed by atoms with Crippen molar-refractivity contribution in [3.05, 3.63) is 69.8 Å². The van der Waals surface area contributed by atoms with Crippen LogP contribution in [0.2, 0.25) is 0 Å². The van der Waals surface area contributed by atoms with Gasteiger partial charge in [0.25, 0.3) is 5.69 Å². The van der Waals surface area contributed by atoms with Gasteiger partial charge in [0, 0.05) is 17.3 Å². The Bertz CT molecular complexity index is 684. The van der Waals surface area contributed by atoms with Gasteiger partial charge in [-0.05, 0) is 25.0 Å². The molecule has 1 amide bonds. The summed E-state index contributed by atoms with van der Waals surface area (Å²) in [6.45, 7) is 3.61. The Balaban J connectivity index is 2.21. The Morgan fingerprint density at radius 3 is 2.50 bits per heavy atom. The first kappa shape index (κ1) is 15.7. The fourth-order valence-corrected chi connectivity index (χ4v) is 2.37. The zero-order valence-electron chi connectivity index (χ0n) is 12.6. The van der Waals surface area contributed by atoms with Crippen LogP contribution in [0.25, 0.3) is 0 Å². The molecule has 1 atom stereocenters. The van der Waals surface area contributed by atoms with E-state index in [0.717, 1.165) is 5.56 Å². The fourth-order valence-electron chi connectivity index (χ4n) is 2.37. The number of nitro groups is 1. The van der Waals surface area contributed by atoms with E-state index in [9.17, 15) is 14.9 Å². The first-order valence-electron chi connectivity index (χ1n) is 7.13. The van der Waals surface area contributed by atoms with Crippen LogP contribution < -0.4 is 5.32 Å². The molecule has 0 saturated heterocycles. The molecule has 0 heterocycles. The number of aryl methyl sites for hydroxylation is 1. The third kappa shape index (κ3) is 3.49. The minimum Gasteiger partial charge on any atom is -0.325 e. The predicted octanol–water partition coefficient (Wildman–Crippen LogP) is 4.04. The van der Waals surface area contributed by atoms with E-state index in [2.05, 4.69) is 5.32 Å². The number of benzene rings is 2. The summed E-state index contributed by atoms with van der Waals surface area (Å²) in [6, 6.07) is 14.2. The van der Waals surface area contributed by atoms with Gasteiger partial charge in [-0.1, -0.05) is 43.3 Å². The lowest BCUT2D eigenvalue weighted by Gasteiger charge is -2.15. The molecule has 1 unspecified atom stereocenters. The lowest BCUT2D eigenvalue weighted by molar-refractivity contribution is -0.385. The molecule has 0 aliphatic rings. The molecule has 0 saturated carbocycles. The topological polar surface area (TPSA) is 72.2 Å². The molecule has 22 heavy (non-hydrogen) atoms. The van der Waals surface area contributed by atoms with Crippen molar-refractivity contribution in [2.45, 2.75) is 26.2 Å². The number of amides is 1. The molecule has 114 valence electrons. The molecule has 0 radical (unpaired) electrons. The Kier molecular flexibility index (Phi) is 4.88. The average molecular weight is 298 g/mol. The van der Waals surface area contributed by atoms with Crippen LogP contribution in [0, 0.1) is 17.0 Å². The number of nitro benzene ring substituents is 1. The SMILES string of the molecule is CCC(C(=O)Nc1ccc(C)c([N+](=O)[O-])c1)c1ccccc1. The number of hydrogen-bond donors (Lipinski definition) is 1. The van der Waals surface area contributed by atoms with E-state index in [1.165, 1.54) is 6.07 Å². The summed E-state index contributed by atoms with van der Waals surface area (Å²) in [6.07, 6.45) is 0.657. The van der Waals surface area contributed by atoms with Gasteiger partial charge in [-0.3, -0.25) is 14.9 Å². The van der Waals surface area contributed by atoms with E-state index in [4.69, 9.17) is 0 Å². The molecule has 1 N–H and O–H groups in total. The van der Waals surface area contributed by atoms with Crippen molar-refractivity contribution < 1.29 is 9.72 Å². The van der Waals surface area contributed by atoms with Crippen LogP contribution in [-0.2, 0) is 4.79 Å². The van der Waals surface area contributed by atoms with Gasteiger partial charge >= 0.3 is 0 Å². The minimum atomic E-state index is -0.445. The number of rotatable bonds is 5. The molecular weight excluding hydrogens is 280 g/mol. The van der Waals surface area contributed by atoms with E-state index < -0.39 is 4.92 Å². The number of anilines is 1. The molecule has 5 heteroatoms. The Morgan fingerprint density at radius 2 is 1.91 bits per heavy atom. The molecule has 0 fully saturated rings. The summed E-state index contributed by atoms with van der Waals surface area (Å²) >= 11 is 0. The van der Waals surface area contributed by atoms with Crippen LogP contribution >= 0.6 is 0 Å². The van der Waals surface area contributed by atoms with Crippen molar-refractivity contribution in [1.82, 2.24) is 0 Å². The lowest BCUT2D eigenvalue weighted by atomic mass is 9.95. The van der Waals surface area contributed by atoms with Crippen LogP contribution in [0.5, 0.6) is 0 Å². The van der Waals surface area contributed by atoms with E-state index >= 15 is 0 Å². The molecule has 2 rings (SSSR count). The number of nitrogens with one attached hydrogen (secondary N) is 1. The third-order valence-electron chi connectivity index (χ3n) is 3.60. The summed E-state index contributed by atoms with van der Waals surface area (Å²) in [5.41, 5.74) is 1.95. The second-order valence-corrected chi connectivity index (χ2v) is 5.12. The van der Waals surface area contributed by atoms with Crippen molar-refractivity contribution in [2.24, 2.45) is 0 Å². The highest BCUT2D eigenvalue weighted by Gasteiger charge is 2.19. The van der Waals surface area contributed by atoms with Crippen LogP contribution in [0.15, 0.2) is 48.5 Å². The number of nitrogens with zero attached hydrogens (tertiary/aromatic N) is 1. The highest BCUT2D eigenvalue weighted by molar-refractivity contribution is 5.96. The predicted molar refractivity (Wildman–Crippen MR) is 85.9 cm³/mol. The molecule has 2 aromatic carbocycles. The summed E-state index contributed by atoms with van der Waals surface area (Å²) in [5.74, 6) is -0.437. The van der Waals surface area contributed by atoms with Crippen molar-refractivity contribution in [2.75, 3.05) is 5.32 Å². The first-order valence-corrected chi connectivity index (χ1v) is 7.13. The number of hydrogen-bond acceptors (Lipinski definition) is 3. The standard InChI is InChI=1S/C17H18N2O3/c1-3-15(13-7-5-4-6-8-13)17(20)18-14-10-9-12(2)16(11-14)19(21)22/h4-11,15H,3H2,1-2H3,(H,18,20). The maximum Gasteiger partial charge on any atom is 0.274 e. The zero-order chi connectivity index (χ0) is 16.1. The molecule has 0 aliphatic carbocycles. The monoisotopic (exact) mass is 298 g/mol. The summed E-state index contributed by atoms with van der Waals surface area (Å²) < 4.78 is 0. The fraction of sp³-hybridized carbons (Fsp3) is 0.235. The highest BCUT2D eigenvalue weighted by Crippen LogP contribution is 2.25. The zero-order valence-corrected chi connectivity index (χ0v) is 12.6. The van der Waals surface area contributed by atoms with Gasteiger partial charge in [0.1, 0.15) is 0 Å². The van der Waals surface area contributed by atoms with Crippen LogP contribution in [0.4, 0.5) is 11.4 Å². The van der Waals surface area contributed by atoms with E-state index in [-0.39, 0.29) is 17.5 Å². The molecule has 0 bridgehead atoms. The van der Waals surface area contributed by atoms with Gasteiger partial charge in [0.15, 0.2) is 0 Å². The van der Waals surface area contributed by atoms with Crippen LogP contribution in [0.3, 0.4) is 0 Å². The molecule has 2 aromatic rings. The van der Waals surface area contributed by atoms with Crippen LogP contribution in [0.1, 0.15) is 30.4 Å². The van der Waals surface area contributed by atoms with Crippen molar-refractivity contribution in [3.63, 3.8) is 0 Å². The summed E-state index contributed by atoms with van der Waals surface area (Å²) in [5, 5.41) is 13.7. The van der Waals surface area contributed by atoms with E-state index in [1.54, 1.807) is 19.1 Å². The van der Waals surface area contributed by atoms with Gasteiger partial charge in [-0.25, -0.2) is 0 Å². The van der Waals surface area contributed by atoms with Gasteiger partial charge in [-0.15, -0.1) is 0 Å². The summed E-state index contributed by atoms with van der Waals surface area (Å²) in [4.78, 5) is 22.9. The highest BCUT2D eigenvalue weighted by atomic mass is 16.6. The van der Waals surface area contributed by atoms with Gasteiger partial charge in [0.05, 0.1) is 10.8 Å². The second-order valence-electron chi connectivity index (χ2n) is 5.12. The number of carbonyl (C=O) groups excluding carboxylic acids is 1. The maximum absolute atomic E-state index is 12.4. The Morgan fingerprint density at radius 1 is 1.23 bits per heavy atom. The molecule has 0 aromatic heterocycles. The van der Waals surface area contributed by atoms with E-state index in [1.807, 2.05) is 37.3 Å². The molecular formula is C17H18N2O3. The average Bonchev–Trinajstić information content (AvgIpc) is 2.51. The van der Waals surface area contributed by atoms with Crippen LogP contribution in [-0.4, -0.2) is 10.8 Å². The second kappa shape index (κ2) is 6.85. The third-order valence-corrected chi connectivity index (χ3v) is 3.60. The number of carbonyl (C=O) groups is 1. The Labute approximate surface area is 129 Å². The Hall–Kier alpha value is -2.69. The van der Waals surface area contributed by atoms with Gasteiger partial charge < -0.3 is 5.32 Å². The van der Waals surface area contributed by atoms with Crippen molar-refractivity contribution >= 4 is 17.3 Å². The molecule has 0 spiro atoms. The first-order chi connectivity index (χ1) is 10.5. The normalized spacial score (nSPS) is 11.7. The smallest absolute Gasteiger partial charge is 0.274 e. The molecule has 5 nitrogen and oxygen atoms in total. The maximum atomic E-state index is 12.4. The van der Waals surface area contributed by atoms with Crippen molar-refractivity contribution in [3.8, 4) is 0 Å². The lowest BCUT2D eigenvalue weighted by Crippen LogP contribution is -2.20. The van der Waals surface area contributed by atoms with Gasteiger partial charge in [0.2, 0.25) is 5.91 Å². The largest absolute Gasteiger partial charge is 0.325 e. The summed E-state index contributed by atoms with van der Waals surface area (Å²) in [7, 11) is 0. The van der Waals surface area contributed by atoms with Gasteiger partial charge in [-0.2, -0.15) is 0 Å². The quantitative estimate of drug-likeness (QED) is 0.669. The van der Waals surface area contributed by atoms with E-state index in [0.29, 0.717) is 17.7 Å². The molecule has 0 aliphatic heterocycles. The van der Waals surface area contributed by atoms with Crippen molar-refractivity contribution in [1.29, 1.82) is 0 Å².